The molecule has 6 rings (SSSR count). The molecule has 266 valence electrons. The molecular formula is C42H60O5Si2. The van der Waals surface area contributed by atoms with Crippen molar-refractivity contribution >= 4 is 32.9 Å². The van der Waals surface area contributed by atoms with E-state index in [0.717, 1.165) is 29.6 Å². The van der Waals surface area contributed by atoms with Crippen LogP contribution in [0, 0.1) is 11.3 Å². The van der Waals surface area contributed by atoms with E-state index in [1.54, 1.807) is 0 Å². The summed E-state index contributed by atoms with van der Waals surface area (Å²) in [6.45, 7) is 27.2. The molecular weight excluding hydrogens is 641 g/mol. The molecule has 4 aliphatic rings. The maximum absolute atomic E-state index is 14.4. The van der Waals surface area contributed by atoms with E-state index in [4.69, 9.17) is 9.16 Å². The van der Waals surface area contributed by atoms with Gasteiger partial charge in [-0.05, 0) is 98.3 Å². The molecule has 1 saturated heterocycles. The van der Waals surface area contributed by atoms with Crippen LogP contribution >= 0.6 is 0 Å². The number of aliphatic hydroxyl groups excluding tert-OH is 1. The highest BCUT2D eigenvalue weighted by Crippen LogP contribution is 2.68. The second-order valence-electron chi connectivity index (χ2n) is 18.2. The highest BCUT2D eigenvalue weighted by molar-refractivity contribution is 6.91. The van der Waals surface area contributed by atoms with Gasteiger partial charge in [-0.3, -0.25) is 4.79 Å². The van der Waals surface area contributed by atoms with Crippen LogP contribution in [0.5, 0.6) is 0 Å². The third-order valence-corrected chi connectivity index (χ3v) is 23.0. The van der Waals surface area contributed by atoms with Crippen molar-refractivity contribution in [3.63, 3.8) is 0 Å². The molecule has 5 nitrogen and oxygen atoms in total. The number of ketones is 1. The fourth-order valence-electron chi connectivity index (χ4n) is 9.19. The number of rotatable bonds is 9. The summed E-state index contributed by atoms with van der Waals surface area (Å²) in [6, 6.07) is 17.1. The van der Waals surface area contributed by atoms with Crippen molar-refractivity contribution < 1.29 is 24.2 Å². The lowest BCUT2D eigenvalue weighted by molar-refractivity contribution is -0.178. The fourth-order valence-corrected chi connectivity index (χ4v) is 13.2. The summed E-state index contributed by atoms with van der Waals surface area (Å²) < 4.78 is 12.9. The summed E-state index contributed by atoms with van der Waals surface area (Å²) in [5.41, 5.74) is 4.68. The minimum Gasteiger partial charge on any atom is -0.413 e. The summed E-state index contributed by atoms with van der Waals surface area (Å²) in [5.74, 6) is 0.337. The smallest absolute Gasteiger partial charge is 0.192 e. The average molecular weight is 701 g/mol. The van der Waals surface area contributed by atoms with E-state index < -0.39 is 33.5 Å². The molecule has 7 heteroatoms. The molecule has 0 amide bonds. The molecule has 3 fully saturated rings. The molecule has 2 saturated carbocycles. The number of Topliss-reactive ketones (excluding diaryl/α,β-unsaturated/α-hetero) is 1. The van der Waals surface area contributed by atoms with E-state index in [0.29, 0.717) is 25.9 Å². The highest BCUT2D eigenvalue weighted by atomic mass is 28.4. The Bertz CT molecular complexity index is 1650. The van der Waals surface area contributed by atoms with Crippen molar-refractivity contribution in [1.29, 1.82) is 0 Å². The molecule has 49 heavy (non-hydrogen) atoms. The van der Waals surface area contributed by atoms with Gasteiger partial charge in [0.1, 0.15) is 17.5 Å². The highest BCUT2D eigenvalue weighted by Gasteiger charge is 2.76. The summed E-state index contributed by atoms with van der Waals surface area (Å²) in [6.07, 6.45) is 2.29. The first-order valence-corrected chi connectivity index (χ1v) is 24.5. The van der Waals surface area contributed by atoms with E-state index in [9.17, 15) is 15.0 Å². The van der Waals surface area contributed by atoms with Crippen LogP contribution < -0.4 is 5.19 Å². The van der Waals surface area contributed by atoms with Gasteiger partial charge in [-0.1, -0.05) is 105 Å². The van der Waals surface area contributed by atoms with Crippen molar-refractivity contribution in [3.8, 4) is 0 Å². The van der Waals surface area contributed by atoms with E-state index in [1.807, 2.05) is 6.07 Å². The summed E-state index contributed by atoms with van der Waals surface area (Å²) in [4.78, 5) is 14.4. The van der Waals surface area contributed by atoms with Gasteiger partial charge in [-0.15, -0.1) is 0 Å². The van der Waals surface area contributed by atoms with Crippen LogP contribution in [0.15, 0.2) is 66.3 Å². The number of benzene rings is 2. The minimum atomic E-state index is -2.02. The third kappa shape index (κ3) is 6.04. The predicted molar refractivity (Wildman–Crippen MR) is 205 cm³/mol. The van der Waals surface area contributed by atoms with Gasteiger partial charge < -0.3 is 19.4 Å². The van der Waals surface area contributed by atoms with Gasteiger partial charge in [0.05, 0.1) is 32.3 Å². The molecule has 3 aliphatic carbocycles. The van der Waals surface area contributed by atoms with E-state index in [-0.39, 0.29) is 40.4 Å². The number of carbonyl (C=O) groups excluding carboxylic acids is 1. The maximum atomic E-state index is 14.4. The Labute approximate surface area is 297 Å². The zero-order chi connectivity index (χ0) is 35.9. The second-order valence-corrected chi connectivity index (χ2v) is 27.8. The van der Waals surface area contributed by atoms with Crippen LogP contribution in [-0.4, -0.2) is 62.9 Å². The van der Waals surface area contributed by atoms with Gasteiger partial charge in [0.15, 0.2) is 8.32 Å². The van der Waals surface area contributed by atoms with Crippen LogP contribution in [0.4, 0.5) is 0 Å². The SMILES string of the molecule is C=C(c1ccc2c(c1)CC[C@H]1[C@H]2[C@@H]2O[C@@H]2[C@@]2(O)C[C@@H]([Si](C)(C)c3ccccc3)CC(=O)[C@]12C)[C@H](O)C/C(C)=C(/C)CO[Si](C)(C)C(C)(C)C. The van der Waals surface area contributed by atoms with Crippen LogP contribution in [0.3, 0.4) is 0 Å². The van der Waals surface area contributed by atoms with Crippen molar-refractivity contribution in [2.24, 2.45) is 11.3 Å². The lowest BCUT2D eigenvalue weighted by Gasteiger charge is -2.59. The van der Waals surface area contributed by atoms with Crippen molar-refractivity contribution in [1.82, 2.24) is 0 Å². The lowest BCUT2D eigenvalue weighted by Crippen LogP contribution is -2.68. The first-order valence-electron chi connectivity index (χ1n) is 18.5. The fraction of sp³-hybridized carbons (Fsp3) is 0.595. The number of carbonyl (C=O) groups is 1. The van der Waals surface area contributed by atoms with Crippen molar-refractivity contribution in [3.05, 3.63) is 82.9 Å². The number of epoxide rings is 1. The van der Waals surface area contributed by atoms with Crippen molar-refractivity contribution in [2.45, 2.75) is 140 Å². The maximum Gasteiger partial charge on any atom is 0.192 e. The molecule has 0 unspecified atom stereocenters. The number of hydrogen-bond donors (Lipinski definition) is 2. The van der Waals surface area contributed by atoms with Crippen LogP contribution in [-0.2, 0) is 20.4 Å². The third-order valence-electron chi connectivity index (χ3n) is 14.2. The van der Waals surface area contributed by atoms with Gasteiger partial charge in [0.25, 0.3) is 0 Å². The Morgan fingerprint density at radius 1 is 1.08 bits per heavy atom. The molecule has 2 aromatic carbocycles. The number of aliphatic hydroxyl groups is 2. The normalized spacial score (nSPS) is 32.2. The van der Waals surface area contributed by atoms with Gasteiger partial charge in [-0.25, -0.2) is 0 Å². The topological polar surface area (TPSA) is 79.3 Å². The first-order chi connectivity index (χ1) is 22.7. The van der Waals surface area contributed by atoms with Crippen molar-refractivity contribution in [2.75, 3.05) is 6.61 Å². The first kappa shape index (κ1) is 36.6. The largest absolute Gasteiger partial charge is 0.413 e. The molecule has 8 atom stereocenters. The van der Waals surface area contributed by atoms with E-state index in [2.05, 4.69) is 117 Å². The Morgan fingerprint density at radius 2 is 1.76 bits per heavy atom. The zero-order valence-corrected chi connectivity index (χ0v) is 33.7. The second kappa shape index (κ2) is 12.5. The molecule has 0 bridgehead atoms. The minimum absolute atomic E-state index is 0.0349. The molecule has 0 spiro atoms. The van der Waals surface area contributed by atoms with Gasteiger partial charge in [-0.2, -0.15) is 0 Å². The monoisotopic (exact) mass is 700 g/mol. The Balaban J connectivity index is 1.19. The summed E-state index contributed by atoms with van der Waals surface area (Å²) >= 11 is 0. The molecule has 2 aromatic rings. The predicted octanol–water partition coefficient (Wildman–Crippen LogP) is 8.32. The van der Waals surface area contributed by atoms with Gasteiger partial charge in [0.2, 0.25) is 0 Å². The quantitative estimate of drug-likeness (QED) is 0.156. The summed E-state index contributed by atoms with van der Waals surface area (Å²) in [5, 5.41) is 25.4. The summed E-state index contributed by atoms with van der Waals surface area (Å²) in [7, 11) is -3.88. The zero-order valence-electron chi connectivity index (χ0n) is 31.7. The Kier molecular flexibility index (Phi) is 9.36. The number of fused-ring (bicyclic) bond motifs is 8. The standard InChI is InChI=1S/C42H60O5Si2/c1-26(27(2)25-46-49(10,11)40(4,5)6)21-35(43)28(3)29-17-19-33-30(22-29)18-20-34-37(33)38-39(47-38)42(45)24-32(23-36(44)41(34,42)7)48(8,9)31-15-13-12-14-16-31/h12-17,19,22,32,34-35,37-39,43,45H,3,18,20-21,23-25H2,1-2,4-11H3/b27-26-/t32-,34-,35+,37-,38-,39-,41-,42-/m0/s1. The van der Waals surface area contributed by atoms with Crippen LogP contribution in [0.25, 0.3) is 5.57 Å². The Morgan fingerprint density at radius 3 is 2.41 bits per heavy atom. The molecule has 1 aliphatic heterocycles. The number of hydrogen-bond acceptors (Lipinski definition) is 5. The van der Waals surface area contributed by atoms with Gasteiger partial charge >= 0.3 is 0 Å². The number of aryl methyl sites for hydroxylation is 1. The molecule has 0 radical (unpaired) electrons. The van der Waals surface area contributed by atoms with E-state index >= 15 is 0 Å². The lowest BCUT2D eigenvalue weighted by atomic mass is 9.46. The molecule has 1 heterocycles. The molecule has 2 N–H and O–H groups in total. The molecule has 0 aromatic heterocycles. The van der Waals surface area contributed by atoms with E-state index in [1.165, 1.54) is 21.9 Å². The Hall–Kier alpha value is -2.14. The average Bonchev–Trinajstić information content (AvgIpc) is 3.86. The van der Waals surface area contributed by atoms with Gasteiger partial charge in [0, 0.05) is 12.3 Å². The van der Waals surface area contributed by atoms with Crippen LogP contribution in [0.1, 0.15) is 89.8 Å². The van der Waals surface area contributed by atoms with Crippen LogP contribution in [0.2, 0.25) is 36.8 Å². The number of ether oxygens (including phenoxy) is 1.